The minimum atomic E-state index is 0.617. The second-order valence-electron chi connectivity index (χ2n) is 5.12. The number of thiazole rings is 1. The molecule has 21 heavy (non-hydrogen) atoms. The van der Waals surface area contributed by atoms with E-state index in [-0.39, 0.29) is 0 Å². The summed E-state index contributed by atoms with van der Waals surface area (Å²) in [6.07, 6.45) is 0. The highest BCUT2D eigenvalue weighted by atomic mass is 35.5. The summed E-state index contributed by atoms with van der Waals surface area (Å²) in [5.74, 6) is 0. The maximum atomic E-state index is 6.21. The van der Waals surface area contributed by atoms with Crippen molar-refractivity contribution in [1.29, 1.82) is 0 Å². The Morgan fingerprint density at radius 2 is 2.00 bits per heavy atom. The molecule has 0 saturated heterocycles. The van der Waals surface area contributed by atoms with Crippen molar-refractivity contribution in [3.8, 4) is 0 Å². The molecule has 2 aromatic carbocycles. The molecule has 0 aliphatic heterocycles. The number of nitrogens with zero attached hydrogens (tertiary/aromatic N) is 2. The number of hydrogen-bond acceptors (Lipinski definition) is 4. The van der Waals surface area contributed by atoms with Gasteiger partial charge in [0, 0.05) is 18.1 Å². The molecule has 0 radical (unpaired) electrons. The molecule has 0 fully saturated rings. The molecule has 0 aliphatic carbocycles. The lowest BCUT2D eigenvalue weighted by molar-refractivity contribution is 0.319. The first-order chi connectivity index (χ1) is 10.1. The molecule has 0 unspecified atom stereocenters. The summed E-state index contributed by atoms with van der Waals surface area (Å²) in [6.45, 7) is 1.68. The maximum Gasteiger partial charge on any atom is 0.181 e. The highest BCUT2D eigenvalue weighted by Gasteiger charge is 2.07. The first-order valence-corrected chi connectivity index (χ1v) is 7.88. The lowest BCUT2D eigenvalue weighted by Crippen LogP contribution is -2.17. The molecule has 2 N–H and O–H groups in total. The largest absolute Gasteiger partial charge is 0.375 e. The summed E-state index contributed by atoms with van der Waals surface area (Å²) >= 11 is 7.73. The van der Waals surface area contributed by atoms with Crippen LogP contribution in [0.5, 0.6) is 0 Å². The number of anilines is 1. The van der Waals surface area contributed by atoms with Gasteiger partial charge < -0.3 is 5.73 Å². The van der Waals surface area contributed by atoms with E-state index in [0.29, 0.717) is 5.13 Å². The number of halogens is 1. The van der Waals surface area contributed by atoms with Gasteiger partial charge in [-0.15, -0.1) is 0 Å². The Kier molecular flexibility index (Phi) is 4.10. The Labute approximate surface area is 133 Å². The van der Waals surface area contributed by atoms with Gasteiger partial charge in [0.1, 0.15) is 0 Å². The molecular formula is C16H16ClN3S. The Morgan fingerprint density at radius 1 is 1.19 bits per heavy atom. The van der Waals surface area contributed by atoms with Crippen LogP contribution in [-0.4, -0.2) is 16.9 Å². The number of nitrogen functional groups attached to an aromatic ring is 1. The quantitative estimate of drug-likeness (QED) is 0.785. The fraction of sp³-hybridized carbons (Fsp3) is 0.188. The van der Waals surface area contributed by atoms with Crippen LogP contribution in [0, 0.1) is 0 Å². The van der Waals surface area contributed by atoms with E-state index in [2.05, 4.69) is 35.1 Å². The number of nitrogens with two attached hydrogens (primary N) is 1. The van der Waals surface area contributed by atoms with Crippen LogP contribution in [-0.2, 0) is 13.1 Å². The van der Waals surface area contributed by atoms with Crippen molar-refractivity contribution < 1.29 is 0 Å². The molecule has 3 rings (SSSR count). The molecule has 0 bridgehead atoms. The summed E-state index contributed by atoms with van der Waals surface area (Å²) in [4.78, 5) is 6.52. The van der Waals surface area contributed by atoms with Gasteiger partial charge in [-0.25, -0.2) is 4.98 Å². The second-order valence-corrected chi connectivity index (χ2v) is 6.59. The molecule has 0 atom stereocenters. The van der Waals surface area contributed by atoms with Gasteiger partial charge in [0.2, 0.25) is 0 Å². The molecule has 3 aromatic rings. The fourth-order valence-electron chi connectivity index (χ4n) is 2.37. The van der Waals surface area contributed by atoms with Gasteiger partial charge in [-0.1, -0.05) is 47.2 Å². The van der Waals surface area contributed by atoms with E-state index >= 15 is 0 Å². The minimum absolute atomic E-state index is 0.617. The SMILES string of the molecule is CN(Cc1ccc2nc(N)sc2c1)Cc1ccccc1Cl. The molecule has 0 spiro atoms. The zero-order chi connectivity index (χ0) is 14.8. The van der Waals surface area contributed by atoms with Crippen LogP contribution in [0.1, 0.15) is 11.1 Å². The summed E-state index contributed by atoms with van der Waals surface area (Å²) in [5.41, 5.74) is 9.10. The highest BCUT2D eigenvalue weighted by Crippen LogP contribution is 2.25. The molecular weight excluding hydrogens is 302 g/mol. The predicted molar refractivity (Wildman–Crippen MR) is 90.7 cm³/mol. The van der Waals surface area contributed by atoms with Gasteiger partial charge in [0.15, 0.2) is 5.13 Å². The second kappa shape index (κ2) is 6.02. The number of benzene rings is 2. The molecule has 0 amide bonds. The summed E-state index contributed by atoms with van der Waals surface area (Å²) in [6, 6.07) is 14.2. The summed E-state index contributed by atoms with van der Waals surface area (Å²) in [7, 11) is 2.09. The first-order valence-electron chi connectivity index (χ1n) is 6.69. The van der Waals surface area contributed by atoms with Crippen LogP contribution in [0.25, 0.3) is 10.2 Å². The Bertz CT molecular complexity index is 769. The van der Waals surface area contributed by atoms with Crippen molar-refractivity contribution in [2.24, 2.45) is 0 Å². The van der Waals surface area contributed by atoms with Crippen LogP contribution in [0.2, 0.25) is 5.02 Å². The number of fused-ring (bicyclic) bond motifs is 1. The van der Waals surface area contributed by atoms with E-state index in [1.165, 1.54) is 16.9 Å². The lowest BCUT2D eigenvalue weighted by atomic mass is 10.1. The zero-order valence-electron chi connectivity index (χ0n) is 11.7. The van der Waals surface area contributed by atoms with Gasteiger partial charge in [-0.2, -0.15) is 0 Å². The van der Waals surface area contributed by atoms with Crippen molar-refractivity contribution in [1.82, 2.24) is 9.88 Å². The van der Waals surface area contributed by atoms with Gasteiger partial charge in [0.05, 0.1) is 10.2 Å². The number of rotatable bonds is 4. The van der Waals surface area contributed by atoms with Crippen LogP contribution in [0.4, 0.5) is 5.13 Å². The van der Waals surface area contributed by atoms with Crippen LogP contribution >= 0.6 is 22.9 Å². The van der Waals surface area contributed by atoms with E-state index in [1.54, 1.807) is 0 Å². The lowest BCUT2D eigenvalue weighted by Gasteiger charge is -2.17. The summed E-state index contributed by atoms with van der Waals surface area (Å²) in [5, 5.41) is 1.43. The predicted octanol–water partition coefficient (Wildman–Crippen LogP) is 4.16. The molecule has 0 aliphatic rings. The van der Waals surface area contributed by atoms with Gasteiger partial charge >= 0.3 is 0 Å². The molecule has 0 saturated carbocycles. The van der Waals surface area contributed by atoms with E-state index in [4.69, 9.17) is 17.3 Å². The van der Waals surface area contributed by atoms with Gasteiger partial charge in [-0.3, -0.25) is 4.90 Å². The van der Waals surface area contributed by atoms with Crippen molar-refractivity contribution in [3.05, 3.63) is 58.6 Å². The normalized spacial score (nSPS) is 11.4. The average Bonchev–Trinajstić information content (AvgIpc) is 2.80. The van der Waals surface area contributed by atoms with E-state index in [9.17, 15) is 0 Å². The third kappa shape index (κ3) is 3.35. The first kappa shape index (κ1) is 14.3. The monoisotopic (exact) mass is 317 g/mol. The molecule has 108 valence electrons. The third-order valence-electron chi connectivity index (χ3n) is 3.32. The number of hydrogen-bond donors (Lipinski definition) is 1. The van der Waals surface area contributed by atoms with E-state index in [1.807, 2.05) is 24.3 Å². The van der Waals surface area contributed by atoms with Crippen molar-refractivity contribution >= 4 is 38.3 Å². The van der Waals surface area contributed by atoms with Crippen molar-refractivity contribution in [2.45, 2.75) is 13.1 Å². The van der Waals surface area contributed by atoms with Crippen LogP contribution in [0.3, 0.4) is 0 Å². The summed E-state index contributed by atoms with van der Waals surface area (Å²) < 4.78 is 1.14. The van der Waals surface area contributed by atoms with Crippen LogP contribution < -0.4 is 5.73 Å². The van der Waals surface area contributed by atoms with Gasteiger partial charge in [0.25, 0.3) is 0 Å². The van der Waals surface area contributed by atoms with Crippen LogP contribution in [0.15, 0.2) is 42.5 Å². The Hall–Kier alpha value is -1.62. The van der Waals surface area contributed by atoms with Gasteiger partial charge in [-0.05, 0) is 36.4 Å². The number of aromatic nitrogens is 1. The molecule has 1 heterocycles. The molecule has 5 heteroatoms. The molecule has 3 nitrogen and oxygen atoms in total. The smallest absolute Gasteiger partial charge is 0.181 e. The minimum Gasteiger partial charge on any atom is -0.375 e. The van der Waals surface area contributed by atoms with E-state index in [0.717, 1.165) is 33.9 Å². The average molecular weight is 318 g/mol. The van der Waals surface area contributed by atoms with E-state index < -0.39 is 0 Å². The maximum absolute atomic E-state index is 6.21. The fourth-order valence-corrected chi connectivity index (χ4v) is 3.36. The van der Waals surface area contributed by atoms with Crippen molar-refractivity contribution in [2.75, 3.05) is 12.8 Å². The van der Waals surface area contributed by atoms with Crippen molar-refractivity contribution in [3.63, 3.8) is 0 Å². The Balaban J connectivity index is 1.73. The molecule has 1 aromatic heterocycles. The topological polar surface area (TPSA) is 42.2 Å². The Morgan fingerprint density at radius 3 is 2.81 bits per heavy atom. The zero-order valence-corrected chi connectivity index (χ0v) is 13.3. The third-order valence-corrected chi connectivity index (χ3v) is 4.54. The highest BCUT2D eigenvalue weighted by molar-refractivity contribution is 7.22. The standard InChI is InChI=1S/C16H16ClN3S/c1-20(10-12-4-2-3-5-13(12)17)9-11-6-7-14-15(8-11)21-16(18)19-14/h2-8H,9-10H2,1H3,(H2,18,19).